The van der Waals surface area contributed by atoms with Gasteiger partial charge in [0.2, 0.25) is 5.88 Å². The maximum absolute atomic E-state index is 13.0. The number of rotatable bonds is 4. The van der Waals surface area contributed by atoms with Gasteiger partial charge in [0.05, 0.1) is 17.4 Å². The molecule has 1 N–H and O–H groups in total. The predicted molar refractivity (Wildman–Crippen MR) is 100 cm³/mol. The fourth-order valence-corrected chi connectivity index (χ4v) is 4.11. The Morgan fingerprint density at radius 3 is 2.80 bits per heavy atom. The predicted octanol–water partition coefficient (Wildman–Crippen LogP) is 2.01. The van der Waals surface area contributed by atoms with Crippen molar-refractivity contribution in [2.75, 3.05) is 33.9 Å². The van der Waals surface area contributed by atoms with E-state index in [1.807, 2.05) is 11.8 Å². The number of ether oxygens (including phenoxy) is 2. The molecule has 0 spiro atoms. The van der Waals surface area contributed by atoms with Gasteiger partial charge in [0, 0.05) is 32.8 Å². The highest BCUT2D eigenvalue weighted by Gasteiger charge is 2.28. The molecule has 7 nitrogen and oxygen atoms in total. The van der Waals surface area contributed by atoms with Crippen LogP contribution >= 0.6 is 23.7 Å². The average molecular weight is 387 g/mol. The molecule has 1 atom stereocenters. The van der Waals surface area contributed by atoms with Crippen LogP contribution in [0, 0.1) is 6.92 Å². The number of methoxy groups -OCH3 is 2. The highest BCUT2D eigenvalue weighted by Crippen LogP contribution is 2.36. The van der Waals surface area contributed by atoms with Gasteiger partial charge in [-0.3, -0.25) is 4.79 Å². The fourth-order valence-electron chi connectivity index (χ4n) is 2.96. The summed E-state index contributed by atoms with van der Waals surface area (Å²) in [5.41, 5.74) is 0.881. The third-order valence-electron chi connectivity index (χ3n) is 4.23. The van der Waals surface area contributed by atoms with Gasteiger partial charge in [-0.25, -0.2) is 4.98 Å². The number of aromatic nitrogens is 2. The van der Waals surface area contributed by atoms with Crippen LogP contribution in [0.25, 0.3) is 10.2 Å². The van der Waals surface area contributed by atoms with Crippen molar-refractivity contribution in [2.24, 2.45) is 0 Å². The Kier molecular flexibility index (Phi) is 6.56. The molecule has 0 aromatic carbocycles. The van der Waals surface area contributed by atoms with Crippen LogP contribution in [0.1, 0.15) is 28.0 Å². The van der Waals surface area contributed by atoms with Crippen LogP contribution in [-0.4, -0.2) is 60.7 Å². The summed E-state index contributed by atoms with van der Waals surface area (Å²) in [6.07, 6.45) is 0. The minimum atomic E-state index is 0. The van der Waals surface area contributed by atoms with Crippen LogP contribution in [0.15, 0.2) is 0 Å². The van der Waals surface area contributed by atoms with Crippen molar-refractivity contribution in [3.63, 3.8) is 0 Å². The lowest BCUT2D eigenvalue weighted by molar-refractivity contribution is 0.0660. The van der Waals surface area contributed by atoms with E-state index in [0.717, 1.165) is 28.9 Å². The summed E-state index contributed by atoms with van der Waals surface area (Å²) in [4.78, 5) is 25.3. The van der Waals surface area contributed by atoms with Crippen LogP contribution in [-0.2, 0) is 11.3 Å². The van der Waals surface area contributed by atoms with Crippen molar-refractivity contribution in [1.82, 2.24) is 20.2 Å². The number of hydrogen-bond acceptors (Lipinski definition) is 7. The molecule has 1 saturated heterocycles. The van der Waals surface area contributed by atoms with E-state index >= 15 is 0 Å². The molecule has 1 aliphatic heterocycles. The standard InChI is InChI=1S/C16H22N4O3S.ClH/c1-9-7-17-5-6-20(9)16(21)13-10(2)12-14(23-4)18-11(8-22-3)19-15(12)24-13;/h9,17H,5-8H2,1-4H3;1H/t9-;/m0./s1. The number of amides is 1. The Labute approximate surface area is 157 Å². The zero-order valence-electron chi connectivity index (χ0n) is 14.8. The van der Waals surface area contributed by atoms with Gasteiger partial charge < -0.3 is 19.7 Å². The molecule has 2 aromatic heterocycles. The highest BCUT2D eigenvalue weighted by molar-refractivity contribution is 7.20. The van der Waals surface area contributed by atoms with E-state index in [1.165, 1.54) is 11.3 Å². The smallest absolute Gasteiger partial charge is 0.264 e. The number of carbonyl (C=O) groups excluding carboxylic acids is 1. The lowest BCUT2D eigenvalue weighted by Crippen LogP contribution is -2.52. The summed E-state index contributed by atoms with van der Waals surface area (Å²) in [7, 11) is 3.18. The van der Waals surface area contributed by atoms with Crippen molar-refractivity contribution in [1.29, 1.82) is 0 Å². The first kappa shape index (κ1) is 19.8. The van der Waals surface area contributed by atoms with Crippen LogP contribution in [0.4, 0.5) is 0 Å². The third-order valence-corrected chi connectivity index (χ3v) is 5.40. The molecule has 1 fully saturated rings. The SMILES string of the molecule is COCc1nc(OC)c2c(C)c(C(=O)N3CCNC[C@@H]3C)sc2n1.Cl. The molecule has 3 rings (SSSR count). The van der Waals surface area contributed by atoms with Crippen molar-refractivity contribution in [3.05, 3.63) is 16.3 Å². The second-order valence-corrected chi connectivity index (χ2v) is 6.87. The Bertz CT molecular complexity index is 767. The van der Waals surface area contributed by atoms with E-state index in [9.17, 15) is 4.79 Å². The lowest BCUT2D eigenvalue weighted by Gasteiger charge is -2.33. The zero-order valence-corrected chi connectivity index (χ0v) is 16.4. The fraction of sp³-hybridized carbons (Fsp3) is 0.562. The minimum Gasteiger partial charge on any atom is -0.480 e. The first-order chi connectivity index (χ1) is 11.6. The monoisotopic (exact) mass is 386 g/mol. The summed E-state index contributed by atoms with van der Waals surface area (Å²) in [6.45, 7) is 6.65. The molecule has 0 saturated carbocycles. The van der Waals surface area contributed by atoms with Gasteiger partial charge in [-0.15, -0.1) is 23.7 Å². The summed E-state index contributed by atoms with van der Waals surface area (Å²) < 4.78 is 10.5. The molecule has 2 aromatic rings. The highest BCUT2D eigenvalue weighted by atomic mass is 35.5. The van der Waals surface area contributed by atoms with Gasteiger partial charge in [-0.1, -0.05) is 0 Å². The first-order valence-electron chi connectivity index (χ1n) is 7.91. The molecule has 0 bridgehead atoms. The van der Waals surface area contributed by atoms with E-state index in [0.29, 0.717) is 29.7 Å². The average Bonchev–Trinajstić information content (AvgIpc) is 2.91. The van der Waals surface area contributed by atoms with E-state index in [2.05, 4.69) is 22.2 Å². The Hall–Kier alpha value is -1.48. The number of piperazine rings is 1. The van der Waals surface area contributed by atoms with Gasteiger partial charge in [-0.05, 0) is 19.4 Å². The van der Waals surface area contributed by atoms with E-state index in [-0.39, 0.29) is 24.4 Å². The Balaban J connectivity index is 0.00000225. The Morgan fingerprint density at radius 1 is 1.40 bits per heavy atom. The summed E-state index contributed by atoms with van der Waals surface area (Å²) in [5.74, 6) is 1.10. The normalized spacial score (nSPS) is 17.4. The molecular formula is C16H23ClN4O3S. The lowest BCUT2D eigenvalue weighted by atomic mass is 10.1. The quantitative estimate of drug-likeness (QED) is 0.866. The van der Waals surface area contributed by atoms with Gasteiger partial charge in [0.15, 0.2) is 5.82 Å². The minimum absolute atomic E-state index is 0. The van der Waals surface area contributed by atoms with Crippen molar-refractivity contribution in [3.8, 4) is 5.88 Å². The molecule has 0 radical (unpaired) electrons. The molecular weight excluding hydrogens is 364 g/mol. The van der Waals surface area contributed by atoms with Crippen LogP contribution in [0.3, 0.4) is 0 Å². The summed E-state index contributed by atoms with van der Waals surface area (Å²) in [5, 5.41) is 4.12. The molecule has 0 unspecified atom stereocenters. The van der Waals surface area contributed by atoms with Crippen molar-refractivity contribution < 1.29 is 14.3 Å². The van der Waals surface area contributed by atoms with E-state index in [1.54, 1.807) is 14.2 Å². The van der Waals surface area contributed by atoms with Crippen molar-refractivity contribution >= 4 is 39.9 Å². The second kappa shape index (κ2) is 8.27. The van der Waals surface area contributed by atoms with Gasteiger partial charge in [-0.2, -0.15) is 4.98 Å². The number of aryl methyl sites for hydroxylation is 1. The Morgan fingerprint density at radius 2 is 2.16 bits per heavy atom. The maximum atomic E-state index is 13.0. The molecule has 138 valence electrons. The number of fused-ring (bicyclic) bond motifs is 1. The summed E-state index contributed by atoms with van der Waals surface area (Å²) >= 11 is 1.40. The van der Waals surface area contributed by atoms with Crippen LogP contribution in [0.5, 0.6) is 5.88 Å². The molecule has 1 amide bonds. The van der Waals surface area contributed by atoms with Gasteiger partial charge in [0.1, 0.15) is 11.4 Å². The zero-order chi connectivity index (χ0) is 17.3. The molecule has 3 heterocycles. The van der Waals surface area contributed by atoms with Crippen LogP contribution < -0.4 is 10.1 Å². The molecule has 1 aliphatic rings. The topological polar surface area (TPSA) is 76.6 Å². The largest absolute Gasteiger partial charge is 0.480 e. The van der Waals surface area contributed by atoms with Gasteiger partial charge >= 0.3 is 0 Å². The third kappa shape index (κ3) is 3.72. The second-order valence-electron chi connectivity index (χ2n) is 5.87. The van der Waals surface area contributed by atoms with Gasteiger partial charge in [0.25, 0.3) is 5.91 Å². The first-order valence-corrected chi connectivity index (χ1v) is 8.73. The van der Waals surface area contributed by atoms with E-state index in [4.69, 9.17) is 9.47 Å². The number of nitrogens with one attached hydrogen (secondary N) is 1. The molecule has 25 heavy (non-hydrogen) atoms. The number of halogens is 1. The number of hydrogen-bond donors (Lipinski definition) is 1. The number of thiophene rings is 1. The number of carbonyl (C=O) groups is 1. The van der Waals surface area contributed by atoms with E-state index < -0.39 is 0 Å². The molecule has 0 aliphatic carbocycles. The van der Waals surface area contributed by atoms with Crippen molar-refractivity contribution in [2.45, 2.75) is 26.5 Å². The number of nitrogens with zero attached hydrogens (tertiary/aromatic N) is 3. The maximum Gasteiger partial charge on any atom is 0.264 e. The molecule has 9 heteroatoms. The summed E-state index contributed by atoms with van der Waals surface area (Å²) in [6, 6.07) is 0.174. The van der Waals surface area contributed by atoms with Crippen LogP contribution in [0.2, 0.25) is 0 Å².